The van der Waals surface area contributed by atoms with Crippen LogP contribution in [0.1, 0.15) is 25.8 Å². The summed E-state index contributed by atoms with van der Waals surface area (Å²) < 4.78 is 13.2. The molecule has 0 bridgehead atoms. The molecule has 0 radical (unpaired) electrons. The van der Waals surface area contributed by atoms with Gasteiger partial charge in [0.1, 0.15) is 11.9 Å². The molecule has 1 aliphatic heterocycles. The molecule has 0 aromatic heterocycles. The summed E-state index contributed by atoms with van der Waals surface area (Å²) in [7, 11) is 0. The van der Waals surface area contributed by atoms with E-state index in [2.05, 4.69) is 5.32 Å². The van der Waals surface area contributed by atoms with Gasteiger partial charge in [-0.1, -0.05) is 26.0 Å². The quantitative estimate of drug-likeness (QED) is 0.915. The van der Waals surface area contributed by atoms with Crippen LogP contribution in [0.3, 0.4) is 0 Å². The fraction of sp³-hybridized carbons (Fsp3) is 0.467. The lowest BCUT2D eigenvalue weighted by atomic mass is 10.0. The SMILES string of the molecule is CC(C)C1NC(=O)CCN(Cc2cccc(F)c2)C1=O. The van der Waals surface area contributed by atoms with Crippen molar-refractivity contribution in [1.82, 2.24) is 10.2 Å². The molecule has 5 heteroatoms. The first-order chi connectivity index (χ1) is 9.47. The average Bonchev–Trinajstić information content (AvgIpc) is 2.52. The van der Waals surface area contributed by atoms with Crippen molar-refractivity contribution in [2.45, 2.75) is 32.9 Å². The van der Waals surface area contributed by atoms with Gasteiger partial charge in [0.05, 0.1) is 0 Å². The molecule has 1 fully saturated rings. The molecule has 1 atom stereocenters. The van der Waals surface area contributed by atoms with Crippen LogP contribution in [0.4, 0.5) is 4.39 Å². The highest BCUT2D eigenvalue weighted by Gasteiger charge is 2.31. The molecule has 1 aromatic rings. The van der Waals surface area contributed by atoms with Gasteiger partial charge in [0.2, 0.25) is 11.8 Å². The minimum absolute atomic E-state index is 0.0274. The van der Waals surface area contributed by atoms with Crippen LogP contribution in [0, 0.1) is 11.7 Å². The molecule has 0 spiro atoms. The van der Waals surface area contributed by atoms with Crippen molar-refractivity contribution in [2.75, 3.05) is 6.54 Å². The Kier molecular flexibility index (Phi) is 4.37. The Morgan fingerprint density at radius 2 is 2.15 bits per heavy atom. The molecule has 4 nitrogen and oxygen atoms in total. The second-order valence-electron chi connectivity index (χ2n) is 5.43. The smallest absolute Gasteiger partial charge is 0.245 e. The summed E-state index contributed by atoms with van der Waals surface area (Å²) in [6, 6.07) is 5.68. The van der Waals surface area contributed by atoms with Crippen LogP contribution in [0.15, 0.2) is 24.3 Å². The Balaban J connectivity index is 2.17. The molecule has 0 aliphatic carbocycles. The highest BCUT2D eigenvalue weighted by molar-refractivity contribution is 5.90. The van der Waals surface area contributed by atoms with E-state index in [9.17, 15) is 14.0 Å². The van der Waals surface area contributed by atoms with Crippen molar-refractivity contribution in [1.29, 1.82) is 0 Å². The second-order valence-corrected chi connectivity index (χ2v) is 5.43. The zero-order valence-electron chi connectivity index (χ0n) is 11.7. The maximum atomic E-state index is 13.2. The summed E-state index contributed by atoms with van der Waals surface area (Å²) in [5.74, 6) is -0.507. The Bertz CT molecular complexity index is 516. The third-order valence-corrected chi connectivity index (χ3v) is 3.43. The fourth-order valence-electron chi connectivity index (χ4n) is 2.32. The first-order valence-electron chi connectivity index (χ1n) is 6.80. The van der Waals surface area contributed by atoms with E-state index in [0.717, 1.165) is 5.56 Å². The maximum absolute atomic E-state index is 13.2. The molecule has 1 heterocycles. The summed E-state index contributed by atoms with van der Waals surface area (Å²) in [4.78, 5) is 25.7. The van der Waals surface area contributed by atoms with E-state index in [1.807, 2.05) is 13.8 Å². The topological polar surface area (TPSA) is 49.4 Å². The van der Waals surface area contributed by atoms with Crippen LogP contribution in [0.5, 0.6) is 0 Å². The molecule has 1 N–H and O–H groups in total. The molecular weight excluding hydrogens is 259 g/mol. The highest BCUT2D eigenvalue weighted by atomic mass is 19.1. The van der Waals surface area contributed by atoms with Gasteiger partial charge in [0, 0.05) is 19.5 Å². The van der Waals surface area contributed by atoms with E-state index in [1.165, 1.54) is 12.1 Å². The molecule has 108 valence electrons. The first kappa shape index (κ1) is 14.5. The highest BCUT2D eigenvalue weighted by Crippen LogP contribution is 2.14. The third-order valence-electron chi connectivity index (χ3n) is 3.43. The molecule has 0 saturated carbocycles. The summed E-state index contributed by atoms with van der Waals surface area (Å²) in [5, 5.41) is 2.75. The molecule has 2 amide bonds. The van der Waals surface area contributed by atoms with Gasteiger partial charge in [-0.2, -0.15) is 0 Å². The molecule has 1 saturated heterocycles. The maximum Gasteiger partial charge on any atom is 0.245 e. The van der Waals surface area contributed by atoms with E-state index in [4.69, 9.17) is 0 Å². The zero-order chi connectivity index (χ0) is 14.7. The Labute approximate surface area is 118 Å². The van der Waals surface area contributed by atoms with Gasteiger partial charge in [-0.25, -0.2) is 4.39 Å². The van der Waals surface area contributed by atoms with E-state index in [0.29, 0.717) is 13.1 Å². The first-order valence-corrected chi connectivity index (χ1v) is 6.80. The predicted octanol–water partition coefficient (Wildman–Crippen LogP) is 1.70. The van der Waals surface area contributed by atoms with Gasteiger partial charge in [0.25, 0.3) is 0 Å². The van der Waals surface area contributed by atoms with Crippen LogP contribution >= 0.6 is 0 Å². The number of nitrogens with one attached hydrogen (secondary N) is 1. The van der Waals surface area contributed by atoms with Gasteiger partial charge >= 0.3 is 0 Å². The molecule has 1 aliphatic rings. The fourth-order valence-corrected chi connectivity index (χ4v) is 2.32. The Hall–Kier alpha value is -1.91. The van der Waals surface area contributed by atoms with Gasteiger partial charge in [0.15, 0.2) is 0 Å². The summed E-state index contributed by atoms with van der Waals surface area (Å²) in [5.41, 5.74) is 0.732. The molecule has 1 aromatic carbocycles. The van der Waals surface area contributed by atoms with Crippen molar-refractivity contribution in [3.8, 4) is 0 Å². The zero-order valence-corrected chi connectivity index (χ0v) is 11.7. The number of hydrogen-bond acceptors (Lipinski definition) is 2. The van der Waals surface area contributed by atoms with E-state index in [1.54, 1.807) is 17.0 Å². The van der Waals surface area contributed by atoms with Crippen LogP contribution in [0.2, 0.25) is 0 Å². The lowest BCUT2D eigenvalue weighted by Gasteiger charge is -2.26. The number of carbonyl (C=O) groups excluding carboxylic acids is 2. The summed E-state index contributed by atoms with van der Waals surface area (Å²) >= 11 is 0. The molecular formula is C15H19FN2O2. The second kappa shape index (κ2) is 6.03. The number of benzene rings is 1. The number of amides is 2. The average molecular weight is 278 g/mol. The summed E-state index contributed by atoms with van der Waals surface area (Å²) in [6.07, 6.45) is 0.282. The Morgan fingerprint density at radius 3 is 2.80 bits per heavy atom. The molecule has 1 unspecified atom stereocenters. The number of hydrogen-bond donors (Lipinski definition) is 1. The van der Waals surface area contributed by atoms with Crippen LogP contribution in [-0.4, -0.2) is 29.3 Å². The molecule has 2 rings (SSSR count). The van der Waals surface area contributed by atoms with Crippen LogP contribution in [-0.2, 0) is 16.1 Å². The van der Waals surface area contributed by atoms with Crippen molar-refractivity contribution in [3.63, 3.8) is 0 Å². The van der Waals surface area contributed by atoms with Crippen molar-refractivity contribution >= 4 is 11.8 Å². The largest absolute Gasteiger partial charge is 0.344 e. The Morgan fingerprint density at radius 1 is 1.40 bits per heavy atom. The van der Waals surface area contributed by atoms with E-state index >= 15 is 0 Å². The van der Waals surface area contributed by atoms with Crippen molar-refractivity contribution in [3.05, 3.63) is 35.6 Å². The van der Waals surface area contributed by atoms with Gasteiger partial charge in [-0.3, -0.25) is 9.59 Å². The number of halogens is 1. The van der Waals surface area contributed by atoms with E-state index in [-0.39, 0.29) is 30.0 Å². The van der Waals surface area contributed by atoms with Crippen molar-refractivity contribution in [2.24, 2.45) is 5.92 Å². The summed E-state index contributed by atoms with van der Waals surface area (Å²) in [6.45, 7) is 4.49. The number of nitrogens with zero attached hydrogens (tertiary/aromatic N) is 1. The lowest BCUT2D eigenvalue weighted by Crippen LogP contribution is -2.47. The van der Waals surface area contributed by atoms with Gasteiger partial charge in [-0.15, -0.1) is 0 Å². The third kappa shape index (κ3) is 3.35. The molecule has 20 heavy (non-hydrogen) atoms. The standard InChI is InChI=1S/C15H19FN2O2/c1-10(2)14-15(20)18(7-6-13(19)17-14)9-11-4-3-5-12(16)8-11/h3-5,8,10,14H,6-7,9H2,1-2H3,(H,17,19). The monoisotopic (exact) mass is 278 g/mol. The number of rotatable bonds is 3. The van der Waals surface area contributed by atoms with Crippen LogP contribution in [0.25, 0.3) is 0 Å². The van der Waals surface area contributed by atoms with Crippen molar-refractivity contribution < 1.29 is 14.0 Å². The van der Waals surface area contributed by atoms with Gasteiger partial charge < -0.3 is 10.2 Å². The number of carbonyl (C=O) groups is 2. The van der Waals surface area contributed by atoms with Gasteiger partial charge in [-0.05, 0) is 23.6 Å². The van der Waals surface area contributed by atoms with E-state index < -0.39 is 6.04 Å². The van der Waals surface area contributed by atoms with Crippen LogP contribution < -0.4 is 5.32 Å². The minimum atomic E-state index is -0.501. The lowest BCUT2D eigenvalue weighted by molar-refractivity contribution is -0.135. The minimum Gasteiger partial charge on any atom is -0.344 e. The normalized spacial score (nSPS) is 20.0. The predicted molar refractivity (Wildman–Crippen MR) is 73.2 cm³/mol.